The minimum Gasteiger partial charge on any atom is -0.490 e. The molecular formula is C23H27FN2O3. The Labute approximate surface area is 170 Å². The fourth-order valence-electron chi connectivity index (χ4n) is 3.26. The highest BCUT2D eigenvalue weighted by atomic mass is 19.1. The van der Waals surface area contributed by atoms with Crippen LogP contribution in [0.3, 0.4) is 0 Å². The van der Waals surface area contributed by atoms with Crippen LogP contribution in [0, 0.1) is 17.2 Å². The highest BCUT2D eigenvalue weighted by Crippen LogP contribution is 2.38. The zero-order valence-corrected chi connectivity index (χ0v) is 17.3. The summed E-state index contributed by atoms with van der Waals surface area (Å²) in [5, 5.41) is 2.85. The molecule has 2 aromatic rings. The second kappa shape index (κ2) is 8.23. The molecule has 0 spiro atoms. The molecule has 0 bridgehead atoms. The van der Waals surface area contributed by atoms with Crippen LogP contribution < -0.4 is 15.0 Å². The smallest absolute Gasteiger partial charge is 0.236 e. The van der Waals surface area contributed by atoms with E-state index in [1.165, 1.54) is 12.1 Å². The fourth-order valence-corrected chi connectivity index (χ4v) is 3.26. The molecule has 5 nitrogen and oxygen atoms in total. The topological polar surface area (TPSA) is 58.6 Å². The molecule has 0 radical (unpaired) electrons. The van der Waals surface area contributed by atoms with Crippen LogP contribution in [0.4, 0.5) is 15.8 Å². The number of carbonyl (C=O) groups excluding carboxylic acids is 2. The normalized spacial score (nSPS) is 15.5. The van der Waals surface area contributed by atoms with Gasteiger partial charge in [0, 0.05) is 18.3 Å². The van der Waals surface area contributed by atoms with Crippen molar-refractivity contribution in [1.82, 2.24) is 0 Å². The van der Waals surface area contributed by atoms with Crippen molar-refractivity contribution in [2.75, 3.05) is 23.4 Å². The summed E-state index contributed by atoms with van der Waals surface area (Å²) in [6.07, 6.45) is 0.142. The summed E-state index contributed by atoms with van der Waals surface area (Å²) in [5.41, 5.74) is 1.39. The first kappa shape index (κ1) is 20.8. The van der Waals surface area contributed by atoms with Crippen molar-refractivity contribution in [1.29, 1.82) is 0 Å². The van der Waals surface area contributed by atoms with Crippen LogP contribution in [-0.2, 0) is 16.0 Å². The van der Waals surface area contributed by atoms with E-state index in [0.29, 0.717) is 29.6 Å². The molecular weight excluding hydrogens is 371 g/mol. The van der Waals surface area contributed by atoms with Gasteiger partial charge in [-0.15, -0.1) is 0 Å². The zero-order chi connectivity index (χ0) is 21.2. The van der Waals surface area contributed by atoms with E-state index in [1.54, 1.807) is 29.2 Å². The van der Waals surface area contributed by atoms with Gasteiger partial charge >= 0.3 is 0 Å². The lowest BCUT2D eigenvalue weighted by Crippen LogP contribution is -2.43. The molecule has 0 saturated carbocycles. The van der Waals surface area contributed by atoms with Crippen LogP contribution in [0.1, 0.15) is 33.3 Å². The summed E-state index contributed by atoms with van der Waals surface area (Å²) in [4.78, 5) is 27.1. The van der Waals surface area contributed by atoms with E-state index in [9.17, 15) is 14.0 Å². The summed E-state index contributed by atoms with van der Waals surface area (Å²) < 4.78 is 19.0. The predicted octanol–water partition coefficient (Wildman–Crippen LogP) is 4.41. The van der Waals surface area contributed by atoms with E-state index in [1.807, 2.05) is 19.9 Å². The van der Waals surface area contributed by atoms with Crippen molar-refractivity contribution in [3.8, 4) is 5.75 Å². The van der Waals surface area contributed by atoms with Crippen LogP contribution in [0.15, 0.2) is 42.5 Å². The highest BCUT2D eigenvalue weighted by molar-refractivity contribution is 6.00. The maximum absolute atomic E-state index is 13.0. The van der Waals surface area contributed by atoms with Gasteiger partial charge in [-0.1, -0.05) is 26.0 Å². The molecule has 154 valence electrons. The third kappa shape index (κ3) is 4.94. The molecule has 3 rings (SSSR count). The molecule has 2 amide bonds. The SMILES string of the molecule is CC(C)CN1C(=O)C(C)(C)COc2cc(NC(=O)Cc3ccc(F)cc3)ccc21. The number of amides is 2. The van der Waals surface area contributed by atoms with Crippen LogP contribution >= 0.6 is 0 Å². The number of nitrogens with zero attached hydrogens (tertiary/aromatic N) is 1. The molecule has 1 N–H and O–H groups in total. The minimum atomic E-state index is -0.639. The second-order valence-electron chi connectivity index (χ2n) is 8.52. The molecule has 2 aromatic carbocycles. The van der Waals surface area contributed by atoms with Gasteiger partial charge in [-0.05, 0) is 49.6 Å². The molecule has 1 aliphatic heterocycles. The van der Waals surface area contributed by atoms with Crippen molar-refractivity contribution in [3.63, 3.8) is 0 Å². The molecule has 0 aromatic heterocycles. The van der Waals surface area contributed by atoms with Crippen LogP contribution in [-0.4, -0.2) is 25.0 Å². The summed E-state index contributed by atoms with van der Waals surface area (Å²) in [7, 11) is 0. The molecule has 29 heavy (non-hydrogen) atoms. The lowest BCUT2D eigenvalue weighted by molar-refractivity contribution is -0.127. The third-order valence-electron chi connectivity index (χ3n) is 4.77. The molecule has 1 aliphatic rings. The number of ether oxygens (including phenoxy) is 1. The van der Waals surface area contributed by atoms with Crippen molar-refractivity contribution < 1.29 is 18.7 Å². The lowest BCUT2D eigenvalue weighted by atomic mass is 9.92. The number of hydrogen-bond donors (Lipinski definition) is 1. The number of rotatable bonds is 5. The van der Waals surface area contributed by atoms with E-state index in [2.05, 4.69) is 19.2 Å². The molecule has 0 saturated heterocycles. The summed E-state index contributed by atoms with van der Waals surface area (Å²) >= 11 is 0. The summed E-state index contributed by atoms with van der Waals surface area (Å²) in [6, 6.07) is 11.2. The fraction of sp³-hybridized carbons (Fsp3) is 0.391. The van der Waals surface area contributed by atoms with Crippen molar-refractivity contribution in [2.24, 2.45) is 11.3 Å². The van der Waals surface area contributed by atoms with Gasteiger partial charge in [0.2, 0.25) is 11.8 Å². The number of anilines is 2. The summed E-state index contributed by atoms with van der Waals surface area (Å²) in [6.45, 7) is 8.74. The van der Waals surface area contributed by atoms with Crippen molar-refractivity contribution >= 4 is 23.2 Å². The van der Waals surface area contributed by atoms with E-state index in [0.717, 1.165) is 5.56 Å². The van der Waals surface area contributed by atoms with Gasteiger partial charge in [-0.25, -0.2) is 4.39 Å². The van der Waals surface area contributed by atoms with Gasteiger partial charge in [-0.2, -0.15) is 0 Å². The Balaban J connectivity index is 1.80. The number of benzene rings is 2. The molecule has 1 heterocycles. The van der Waals surface area contributed by atoms with E-state index in [-0.39, 0.29) is 30.7 Å². The average molecular weight is 398 g/mol. The zero-order valence-electron chi connectivity index (χ0n) is 17.3. The minimum absolute atomic E-state index is 0.0260. The predicted molar refractivity (Wildman–Crippen MR) is 112 cm³/mol. The van der Waals surface area contributed by atoms with Crippen LogP contribution in [0.2, 0.25) is 0 Å². The molecule has 0 unspecified atom stereocenters. The Morgan fingerprint density at radius 3 is 2.55 bits per heavy atom. The van der Waals surface area contributed by atoms with Crippen molar-refractivity contribution in [2.45, 2.75) is 34.1 Å². The van der Waals surface area contributed by atoms with Crippen molar-refractivity contribution in [3.05, 3.63) is 53.8 Å². The number of fused-ring (bicyclic) bond motifs is 1. The standard InChI is InChI=1S/C23H27FN2O3/c1-15(2)13-26-19-10-9-18(12-20(19)29-14-23(3,4)22(26)28)25-21(27)11-16-5-7-17(24)8-6-16/h5-10,12,15H,11,13-14H2,1-4H3,(H,25,27). The molecule has 6 heteroatoms. The highest BCUT2D eigenvalue weighted by Gasteiger charge is 2.38. The van der Waals surface area contributed by atoms with E-state index >= 15 is 0 Å². The molecule has 0 aliphatic carbocycles. The first-order chi connectivity index (χ1) is 13.7. The van der Waals surface area contributed by atoms with Gasteiger partial charge in [0.15, 0.2) is 0 Å². The van der Waals surface area contributed by atoms with Gasteiger partial charge in [0.25, 0.3) is 0 Å². The number of hydrogen-bond acceptors (Lipinski definition) is 3. The monoisotopic (exact) mass is 398 g/mol. The second-order valence-corrected chi connectivity index (χ2v) is 8.52. The first-order valence-electron chi connectivity index (χ1n) is 9.79. The average Bonchev–Trinajstić information content (AvgIpc) is 2.74. The van der Waals surface area contributed by atoms with Crippen LogP contribution in [0.5, 0.6) is 5.75 Å². The van der Waals surface area contributed by atoms with Gasteiger partial charge < -0.3 is 15.0 Å². The Hall–Kier alpha value is -2.89. The molecule has 0 fully saturated rings. The maximum atomic E-state index is 13.0. The van der Waals surface area contributed by atoms with Gasteiger partial charge in [-0.3, -0.25) is 9.59 Å². The Bertz CT molecular complexity index is 907. The maximum Gasteiger partial charge on any atom is 0.236 e. The number of carbonyl (C=O) groups is 2. The quantitative estimate of drug-likeness (QED) is 0.811. The first-order valence-corrected chi connectivity index (χ1v) is 9.79. The Morgan fingerprint density at radius 1 is 1.21 bits per heavy atom. The van der Waals surface area contributed by atoms with Crippen LogP contribution in [0.25, 0.3) is 0 Å². The van der Waals surface area contributed by atoms with Gasteiger partial charge in [0.1, 0.15) is 18.2 Å². The Kier molecular flexibility index (Phi) is 5.91. The van der Waals surface area contributed by atoms with E-state index < -0.39 is 5.41 Å². The van der Waals surface area contributed by atoms with E-state index in [4.69, 9.17) is 4.74 Å². The largest absolute Gasteiger partial charge is 0.490 e. The summed E-state index contributed by atoms with van der Waals surface area (Å²) in [5.74, 6) is 0.360. The van der Waals surface area contributed by atoms with Gasteiger partial charge in [0.05, 0.1) is 17.5 Å². The lowest BCUT2D eigenvalue weighted by Gasteiger charge is -2.29. The number of nitrogens with one attached hydrogen (secondary N) is 1. The molecule has 0 atom stereocenters. The number of halogens is 1. The third-order valence-corrected chi connectivity index (χ3v) is 4.77. The Morgan fingerprint density at radius 2 is 1.90 bits per heavy atom.